The summed E-state index contributed by atoms with van der Waals surface area (Å²) < 4.78 is 6.10. The highest BCUT2D eigenvalue weighted by molar-refractivity contribution is 5.75. The van der Waals surface area contributed by atoms with Crippen molar-refractivity contribution in [1.82, 2.24) is 4.90 Å². The second-order valence-electron chi connectivity index (χ2n) is 7.36. The fourth-order valence-electron chi connectivity index (χ4n) is 3.72. The lowest BCUT2D eigenvalue weighted by molar-refractivity contribution is 0.112. The third-order valence-corrected chi connectivity index (χ3v) is 5.35. The van der Waals surface area contributed by atoms with Gasteiger partial charge in [-0.25, -0.2) is 0 Å². The SMILES string of the molecule is O=Cc1ccc(OCc2ccccc2)c(CN2CCN(c3ccccc3)CC2)c1. The summed E-state index contributed by atoms with van der Waals surface area (Å²) in [6.07, 6.45) is 0.901. The summed E-state index contributed by atoms with van der Waals surface area (Å²) in [5, 5.41) is 0. The number of anilines is 1. The maximum absolute atomic E-state index is 11.3. The fraction of sp³-hybridized carbons (Fsp3) is 0.240. The van der Waals surface area contributed by atoms with E-state index in [1.807, 2.05) is 36.4 Å². The van der Waals surface area contributed by atoms with Crippen LogP contribution in [-0.2, 0) is 13.2 Å². The van der Waals surface area contributed by atoms with Gasteiger partial charge in [0.2, 0.25) is 0 Å². The highest BCUT2D eigenvalue weighted by atomic mass is 16.5. The monoisotopic (exact) mass is 386 g/mol. The van der Waals surface area contributed by atoms with E-state index in [0.717, 1.165) is 55.9 Å². The maximum Gasteiger partial charge on any atom is 0.150 e. The maximum atomic E-state index is 11.3. The Bertz CT molecular complexity index is 920. The summed E-state index contributed by atoms with van der Waals surface area (Å²) in [5.74, 6) is 0.852. The molecule has 3 aromatic rings. The van der Waals surface area contributed by atoms with Crippen molar-refractivity contribution >= 4 is 12.0 Å². The summed E-state index contributed by atoms with van der Waals surface area (Å²) in [7, 11) is 0. The van der Waals surface area contributed by atoms with Gasteiger partial charge in [-0.3, -0.25) is 9.69 Å². The van der Waals surface area contributed by atoms with Gasteiger partial charge in [-0.2, -0.15) is 0 Å². The summed E-state index contributed by atoms with van der Waals surface area (Å²) in [6.45, 7) is 5.27. The Labute approximate surface area is 172 Å². The number of aldehydes is 1. The largest absolute Gasteiger partial charge is 0.489 e. The number of rotatable bonds is 7. The minimum atomic E-state index is 0.524. The Balaban J connectivity index is 1.41. The standard InChI is InChI=1S/C25H26N2O2/c28-19-22-11-12-25(29-20-21-7-3-1-4-8-21)23(17-22)18-26-13-15-27(16-14-26)24-9-5-2-6-10-24/h1-12,17,19H,13-16,18,20H2. The zero-order valence-corrected chi connectivity index (χ0v) is 16.5. The van der Waals surface area contributed by atoms with Crippen LogP contribution in [0.15, 0.2) is 78.9 Å². The van der Waals surface area contributed by atoms with Crippen molar-refractivity contribution in [3.8, 4) is 5.75 Å². The third kappa shape index (κ3) is 5.04. The first kappa shape index (κ1) is 19.2. The van der Waals surface area contributed by atoms with Gasteiger partial charge in [0.05, 0.1) is 0 Å². The van der Waals surface area contributed by atoms with Crippen LogP contribution < -0.4 is 9.64 Å². The topological polar surface area (TPSA) is 32.8 Å². The molecular weight excluding hydrogens is 360 g/mol. The lowest BCUT2D eigenvalue weighted by atomic mass is 10.1. The van der Waals surface area contributed by atoms with Crippen molar-refractivity contribution in [2.75, 3.05) is 31.1 Å². The fourth-order valence-corrected chi connectivity index (χ4v) is 3.72. The molecule has 4 rings (SSSR count). The first-order chi connectivity index (χ1) is 14.3. The van der Waals surface area contributed by atoms with Crippen LogP contribution in [0, 0.1) is 0 Å². The van der Waals surface area contributed by atoms with E-state index in [-0.39, 0.29) is 0 Å². The predicted octanol–water partition coefficient (Wildman–Crippen LogP) is 4.40. The quantitative estimate of drug-likeness (QED) is 0.564. The van der Waals surface area contributed by atoms with E-state index in [1.165, 1.54) is 5.69 Å². The van der Waals surface area contributed by atoms with Crippen LogP contribution in [0.2, 0.25) is 0 Å². The molecule has 4 heteroatoms. The van der Waals surface area contributed by atoms with E-state index in [1.54, 1.807) is 0 Å². The number of piperazine rings is 1. The first-order valence-corrected chi connectivity index (χ1v) is 10.1. The van der Waals surface area contributed by atoms with E-state index < -0.39 is 0 Å². The Morgan fingerprint density at radius 3 is 2.21 bits per heavy atom. The lowest BCUT2D eigenvalue weighted by Gasteiger charge is -2.36. The molecule has 0 atom stereocenters. The highest BCUT2D eigenvalue weighted by Crippen LogP contribution is 2.24. The molecule has 0 bridgehead atoms. The average Bonchev–Trinajstić information content (AvgIpc) is 2.80. The van der Waals surface area contributed by atoms with Crippen molar-refractivity contribution in [2.45, 2.75) is 13.2 Å². The summed E-state index contributed by atoms with van der Waals surface area (Å²) in [5.41, 5.74) is 4.17. The van der Waals surface area contributed by atoms with Gasteiger partial charge in [0, 0.05) is 49.5 Å². The summed E-state index contributed by atoms with van der Waals surface area (Å²) >= 11 is 0. The molecule has 0 aliphatic carbocycles. The van der Waals surface area contributed by atoms with Crippen LogP contribution in [0.25, 0.3) is 0 Å². The van der Waals surface area contributed by atoms with Crippen LogP contribution in [0.1, 0.15) is 21.5 Å². The lowest BCUT2D eigenvalue weighted by Crippen LogP contribution is -2.46. The second kappa shape index (κ2) is 9.39. The molecule has 1 aliphatic rings. The van der Waals surface area contributed by atoms with E-state index in [2.05, 4.69) is 52.3 Å². The zero-order valence-electron chi connectivity index (χ0n) is 16.5. The average molecular weight is 386 g/mol. The Kier molecular flexibility index (Phi) is 6.22. The summed E-state index contributed by atoms with van der Waals surface area (Å²) in [6, 6.07) is 26.4. The first-order valence-electron chi connectivity index (χ1n) is 10.1. The van der Waals surface area contributed by atoms with E-state index in [9.17, 15) is 4.79 Å². The Hall–Kier alpha value is -3.11. The van der Waals surface area contributed by atoms with Crippen LogP contribution >= 0.6 is 0 Å². The molecular formula is C25H26N2O2. The van der Waals surface area contributed by atoms with E-state index >= 15 is 0 Å². The zero-order chi connectivity index (χ0) is 19.9. The number of hydrogen-bond donors (Lipinski definition) is 0. The van der Waals surface area contributed by atoms with E-state index in [4.69, 9.17) is 4.74 Å². The van der Waals surface area contributed by atoms with Crippen LogP contribution in [0.4, 0.5) is 5.69 Å². The van der Waals surface area contributed by atoms with Gasteiger partial charge in [0.25, 0.3) is 0 Å². The molecule has 3 aromatic carbocycles. The highest BCUT2D eigenvalue weighted by Gasteiger charge is 2.19. The molecule has 1 fully saturated rings. The van der Waals surface area contributed by atoms with Gasteiger partial charge >= 0.3 is 0 Å². The van der Waals surface area contributed by atoms with Gasteiger partial charge in [-0.05, 0) is 35.9 Å². The molecule has 0 radical (unpaired) electrons. The molecule has 1 aliphatic heterocycles. The molecule has 0 saturated carbocycles. The van der Waals surface area contributed by atoms with Gasteiger partial charge in [0.15, 0.2) is 0 Å². The van der Waals surface area contributed by atoms with Gasteiger partial charge in [-0.1, -0.05) is 48.5 Å². The number of nitrogens with zero attached hydrogens (tertiary/aromatic N) is 2. The molecule has 0 amide bonds. The van der Waals surface area contributed by atoms with Crippen molar-refractivity contribution < 1.29 is 9.53 Å². The predicted molar refractivity (Wildman–Crippen MR) is 117 cm³/mol. The summed E-state index contributed by atoms with van der Waals surface area (Å²) in [4.78, 5) is 16.1. The van der Waals surface area contributed by atoms with Crippen molar-refractivity contribution in [2.24, 2.45) is 0 Å². The Morgan fingerprint density at radius 2 is 1.52 bits per heavy atom. The molecule has 148 valence electrons. The number of benzene rings is 3. The molecule has 4 nitrogen and oxygen atoms in total. The van der Waals surface area contributed by atoms with Gasteiger partial charge in [0.1, 0.15) is 18.6 Å². The van der Waals surface area contributed by atoms with Gasteiger partial charge in [-0.15, -0.1) is 0 Å². The van der Waals surface area contributed by atoms with Crippen LogP contribution in [-0.4, -0.2) is 37.4 Å². The van der Waals surface area contributed by atoms with Crippen LogP contribution in [0.3, 0.4) is 0 Å². The number of hydrogen-bond acceptors (Lipinski definition) is 4. The van der Waals surface area contributed by atoms with Crippen molar-refractivity contribution in [3.05, 3.63) is 95.6 Å². The van der Waals surface area contributed by atoms with Crippen molar-refractivity contribution in [3.63, 3.8) is 0 Å². The molecule has 0 aromatic heterocycles. The molecule has 1 saturated heterocycles. The van der Waals surface area contributed by atoms with Gasteiger partial charge < -0.3 is 9.64 Å². The normalized spacial score (nSPS) is 14.6. The third-order valence-electron chi connectivity index (χ3n) is 5.35. The minimum Gasteiger partial charge on any atom is -0.489 e. The minimum absolute atomic E-state index is 0.524. The Morgan fingerprint density at radius 1 is 0.828 bits per heavy atom. The molecule has 0 spiro atoms. The number of ether oxygens (including phenoxy) is 1. The molecule has 1 heterocycles. The molecule has 29 heavy (non-hydrogen) atoms. The molecule has 0 unspecified atom stereocenters. The number of carbonyl (C=O) groups excluding carboxylic acids is 1. The number of para-hydroxylation sites is 1. The molecule has 0 N–H and O–H groups in total. The number of carbonyl (C=O) groups is 1. The second-order valence-corrected chi connectivity index (χ2v) is 7.36. The van der Waals surface area contributed by atoms with E-state index in [0.29, 0.717) is 12.2 Å². The van der Waals surface area contributed by atoms with Crippen molar-refractivity contribution in [1.29, 1.82) is 0 Å². The van der Waals surface area contributed by atoms with Crippen LogP contribution in [0.5, 0.6) is 5.75 Å². The smallest absolute Gasteiger partial charge is 0.150 e.